The smallest absolute Gasteiger partial charge is 0.167 e. The topological polar surface area (TPSA) is 76.1 Å². The van der Waals surface area contributed by atoms with Crippen molar-refractivity contribution >= 4 is 11.4 Å². The Bertz CT molecular complexity index is 774. The van der Waals surface area contributed by atoms with Crippen LogP contribution in [0.1, 0.15) is 6.42 Å². The van der Waals surface area contributed by atoms with Crippen molar-refractivity contribution in [2.24, 2.45) is 11.5 Å². The molecule has 24 heavy (non-hydrogen) atoms. The van der Waals surface area contributed by atoms with Crippen LogP contribution in [0, 0.1) is 0 Å². The molecule has 4 heteroatoms. The molecular formula is C20H22N4. The molecule has 1 aliphatic rings. The van der Waals surface area contributed by atoms with Crippen LogP contribution in [0.4, 0.5) is 11.4 Å². The highest BCUT2D eigenvalue weighted by atomic mass is 15.2. The van der Waals surface area contributed by atoms with Crippen molar-refractivity contribution < 1.29 is 0 Å². The van der Waals surface area contributed by atoms with Crippen molar-refractivity contribution in [3.63, 3.8) is 0 Å². The number of hydrogen-bond acceptors (Lipinski definition) is 4. The third-order valence-corrected chi connectivity index (χ3v) is 3.85. The first-order valence-electron chi connectivity index (χ1n) is 7.87. The Morgan fingerprint density at radius 2 is 1.42 bits per heavy atom. The predicted molar refractivity (Wildman–Crippen MR) is 101 cm³/mol. The van der Waals surface area contributed by atoms with Crippen molar-refractivity contribution in [1.82, 2.24) is 0 Å². The van der Waals surface area contributed by atoms with Gasteiger partial charge in [-0.1, -0.05) is 55.1 Å². The van der Waals surface area contributed by atoms with E-state index in [0.717, 1.165) is 28.2 Å². The first-order valence-corrected chi connectivity index (χ1v) is 7.87. The van der Waals surface area contributed by atoms with E-state index in [1.807, 2.05) is 72.8 Å². The van der Waals surface area contributed by atoms with E-state index < -0.39 is 5.79 Å². The summed E-state index contributed by atoms with van der Waals surface area (Å²) in [5, 5.41) is 6.62. The summed E-state index contributed by atoms with van der Waals surface area (Å²) in [6.07, 6.45) is 4.55. The first-order chi connectivity index (χ1) is 11.5. The quantitative estimate of drug-likeness (QED) is 0.636. The summed E-state index contributed by atoms with van der Waals surface area (Å²) in [5.41, 5.74) is 17.4. The molecule has 0 amide bonds. The van der Waals surface area contributed by atoms with Gasteiger partial charge in [-0.3, -0.25) is 11.5 Å². The molecule has 0 spiro atoms. The summed E-state index contributed by atoms with van der Waals surface area (Å²) < 4.78 is 0. The Morgan fingerprint density at radius 1 is 0.833 bits per heavy atom. The van der Waals surface area contributed by atoms with Gasteiger partial charge in [0.25, 0.3) is 0 Å². The van der Waals surface area contributed by atoms with Crippen LogP contribution in [-0.2, 0) is 0 Å². The van der Waals surface area contributed by atoms with E-state index in [1.54, 1.807) is 0 Å². The van der Waals surface area contributed by atoms with Gasteiger partial charge in [-0.15, -0.1) is 0 Å². The van der Waals surface area contributed by atoms with Gasteiger partial charge in [0.15, 0.2) is 5.79 Å². The fraction of sp³-hybridized carbons (Fsp3) is 0.100. The largest absolute Gasteiger partial charge is 0.358 e. The van der Waals surface area contributed by atoms with Gasteiger partial charge < -0.3 is 10.6 Å². The van der Waals surface area contributed by atoms with Crippen LogP contribution >= 0.6 is 0 Å². The van der Waals surface area contributed by atoms with E-state index >= 15 is 0 Å². The summed E-state index contributed by atoms with van der Waals surface area (Å²) in [6.45, 7) is 4.04. The van der Waals surface area contributed by atoms with Crippen molar-refractivity contribution in [1.29, 1.82) is 0 Å². The SMILES string of the molecule is C=C1C=CC(C(N)(N)Nc2ccccc2)=C(Nc2ccccc2)C1. The van der Waals surface area contributed by atoms with Gasteiger partial charge in [0.1, 0.15) is 0 Å². The molecule has 0 saturated heterocycles. The summed E-state index contributed by atoms with van der Waals surface area (Å²) in [4.78, 5) is 0. The molecule has 2 aromatic rings. The Kier molecular flexibility index (Phi) is 4.51. The van der Waals surface area contributed by atoms with E-state index in [-0.39, 0.29) is 0 Å². The molecule has 3 rings (SSSR count). The maximum atomic E-state index is 6.40. The Balaban J connectivity index is 1.92. The number of rotatable bonds is 5. The molecule has 6 N–H and O–H groups in total. The second-order valence-corrected chi connectivity index (χ2v) is 5.91. The number of nitrogens with two attached hydrogens (primary N) is 2. The molecule has 2 aromatic carbocycles. The highest BCUT2D eigenvalue weighted by Gasteiger charge is 2.28. The fourth-order valence-electron chi connectivity index (χ4n) is 2.71. The molecule has 0 aromatic heterocycles. The number of benzene rings is 2. The number of nitrogens with one attached hydrogen (secondary N) is 2. The molecule has 0 saturated carbocycles. The van der Waals surface area contributed by atoms with E-state index in [2.05, 4.69) is 17.2 Å². The average Bonchev–Trinajstić information content (AvgIpc) is 2.56. The van der Waals surface area contributed by atoms with Gasteiger partial charge in [-0.25, -0.2) is 0 Å². The molecule has 0 unspecified atom stereocenters. The van der Waals surface area contributed by atoms with E-state index in [0.29, 0.717) is 6.42 Å². The number of allylic oxidation sites excluding steroid dienone is 2. The third kappa shape index (κ3) is 3.74. The van der Waals surface area contributed by atoms with Crippen LogP contribution in [0.25, 0.3) is 0 Å². The molecule has 0 fully saturated rings. The van der Waals surface area contributed by atoms with Crippen LogP contribution in [0.15, 0.2) is 96.2 Å². The van der Waals surface area contributed by atoms with Gasteiger partial charge in [-0.2, -0.15) is 0 Å². The number of anilines is 2. The summed E-state index contributed by atoms with van der Waals surface area (Å²) in [7, 11) is 0. The van der Waals surface area contributed by atoms with Crippen LogP contribution < -0.4 is 22.1 Å². The van der Waals surface area contributed by atoms with E-state index in [4.69, 9.17) is 11.5 Å². The van der Waals surface area contributed by atoms with E-state index in [1.165, 1.54) is 0 Å². The highest BCUT2D eigenvalue weighted by molar-refractivity contribution is 5.58. The van der Waals surface area contributed by atoms with Gasteiger partial charge in [0, 0.05) is 29.1 Å². The van der Waals surface area contributed by atoms with Crippen molar-refractivity contribution in [3.8, 4) is 0 Å². The van der Waals surface area contributed by atoms with E-state index in [9.17, 15) is 0 Å². The summed E-state index contributed by atoms with van der Waals surface area (Å²) in [6, 6.07) is 19.7. The second-order valence-electron chi connectivity index (χ2n) is 5.91. The normalized spacial score (nSPS) is 14.7. The van der Waals surface area contributed by atoms with Crippen LogP contribution in [0.2, 0.25) is 0 Å². The molecule has 122 valence electrons. The number of para-hydroxylation sites is 2. The Hall–Kier alpha value is -2.82. The lowest BCUT2D eigenvalue weighted by Gasteiger charge is -2.32. The zero-order valence-corrected chi connectivity index (χ0v) is 13.5. The van der Waals surface area contributed by atoms with Crippen molar-refractivity contribution in [2.75, 3.05) is 10.6 Å². The van der Waals surface area contributed by atoms with Crippen LogP contribution in [-0.4, -0.2) is 5.79 Å². The molecule has 1 aliphatic carbocycles. The lowest BCUT2D eigenvalue weighted by molar-refractivity contribution is 0.599. The minimum atomic E-state index is -1.20. The van der Waals surface area contributed by atoms with Crippen molar-refractivity contribution in [3.05, 3.63) is 96.2 Å². The molecular weight excluding hydrogens is 296 g/mol. The third-order valence-electron chi connectivity index (χ3n) is 3.85. The minimum absolute atomic E-state index is 0.674. The molecule has 0 bridgehead atoms. The Morgan fingerprint density at radius 3 is 2.04 bits per heavy atom. The standard InChI is InChI=1S/C20H22N4/c1-15-12-13-18(19(14-15)23-16-8-4-2-5-9-16)20(21,22)24-17-10-6-3-7-11-17/h2-13,23-24H,1,14,21-22H2. The van der Waals surface area contributed by atoms with Crippen LogP contribution in [0.5, 0.6) is 0 Å². The molecule has 0 heterocycles. The minimum Gasteiger partial charge on any atom is -0.358 e. The average molecular weight is 318 g/mol. The van der Waals surface area contributed by atoms with Crippen molar-refractivity contribution in [2.45, 2.75) is 12.2 Å². The maximum absolute atomic E-state index is 6.40. The van der Waals surface area contributed by atoms with Gasteiger partial charge >= 0.3 is 0 Å². The highest BCUT2D eigenvalue weighted by Crippen LogP contribution is 2.28. The van der Waals surface area contributed by atoms with Gasteiger partial charge in [0.05, 0.1) is 0 Å². The van der Waals surface area contributed by atoms with Gasteiger partial charge in [0.2, 0.25) is 0 Å². The molecule has 0 radical (unpaired) electrons. The zero-order chi connectivity index (χ0) is 17.0. The second kappa shape index (κ2) is 6.74. The number of hydrogen-bond donors (Lipinski definition) is 4. The molecule has 4 nitrogen and oxygen atoms in total. The predicted octanol–water partition coefficient (Wildman–Crippen LogP) is 3.55. The summed E-state index contributed by atoms with van der Waals surface area (Å²) >= 11 is 0. The first kappa shape index (κ1) is 16.1. The Labute approximate surface area is 142 Å². The summed E-state index contributed by atoms with van der Waals surface area (Å²) in [5.74, 6) is -1.20. The van der Waals surface area contributed by atoms with Crippen LogP contribution in [0.3, 0.4) is 0 Å². The lowest BCUT2D eigenvalue weighted by atomic mass is 9.94. The molecule has 0 atom stereocenters. The maximum Gasteiger partial charge on any atom is 0.167 e. The zero-order valence-electron chi connectivity index (χ0n) is 13.5. The monoisotopic (exact) mass is 318 g/mol. The fourth-order valence-corrected chi connectivity index (χ4v) is 2.71. The lowest BCUT2D eigenvalue weighted by Crippen LogP contribution is -2.58. The molecule has 0 aliphatic heterocycles. The van der Waals surface area contributed by atoms with Gasteiger partial charge in [-0.05, 0) is 29.8 Å².